The lowest BCUT2D eigenvalue weighted by Gasteiger charge is -2.11. The number of nitriles is 1. The number of hydrogen-bond acceptors (Lipinski definition) is 3. The van der Waals surface area contributed by atoms with Gasteiger partial charge in [-0.2, -0.15) is 5.26 Å². The van der Waals surface area contributed by atoms with Gasteiger partial charge in [-0.05, 0) is 56.3 Å². The molecule has 2 aromatic carbocycles. The summed E-state index contributed by atoms with van der Waals surface area (Å²) >= 11 is 6.00. The van der Waals surface area contributed by atoms with E-state index in [1.165, 1.54) is 0 Å². The molecule has 0 bridgehead atoms. The summed E-state index contributed by atoms with van der Waals surface area (Å²) in [5, 5.41) is 12.5. The summed E-state index contributed by atoms with van der Waals surface area (Å²) in [4.78, 5) is 0. The van der Waals surface area contributed by atoms with Crippen LogP contribution in [-0.2, 0) is 0 Å². The Labute approximate surface area is 123 Å². The molecule has 0 aliphatic heterocycles. The highest BCUT2D eigenvalue weighted by molar-refractivity contribution is 6.32. The number of nitrogens with one attached hydrogen (secondary N) is 1. The van der Waals surface area contributed by atoms with Gasteiger partial charge in [-0.3, -0.25) is 0 Å². The fourth-order valence-corrected chi connectivity index (χ4v) is 1.96. The van der Waals surface area contributed by atoms with Crippen molar-refractivity contribution in [1.29, 1.82) is 5.26 Å². The lowest BCUT2D eigenvalue weighted by molar-refractivity contribution is 0.242. The van der Waals surface area contributed by atoms with Gasteiger partial charge in [-0.1, -0.05) is 11.6 Å². The molecule has 2 aromatic rings. The van der Waals surface area contributed by atoms with E-state index < -0.39 is 0 Å². The van der Waals surface area contributed by atoms with Crippen LogP contribution in [0.2, 0.25) is 5.02 Å². The van der Waals surface area contributed by atoms with Crippen LogP contribution in [0.3, 0.4) is 0 Å². The van der Waals surface area contributed by atoms with Gasteiger partial charge >= 0.3 is 0 Å². The Bertz CT molecular complexity index is 630. The van der Waals surface area contributed by atoms with Crippen LogP contribution in [0, 0.1) is 11.3 Å². The Morgan fingerprint density at radius 1 is 1.10 bits per heavy atom. The van der Waals surface area contributed by atoms with Gasteiger partial charge < -0.3 is 10.1 Å². The van der Waals surface area contributed by atoms with Crippen LogP contribution in [0.5, 0.6) is 5.75 Å². The topological polar surface area (TPSA) is 45.0 Å². The molecule has 0 aliphatic rings. The normalized spacial score (nSPS) is 10.2. The Kier molecular flexibility index (Phi) is 4.49. The summed E-state index contributed by atoms with van der Waals surface area (Å²) in [5.74, 6) is 0.836. The molecule has 102 valence electrons. The lowest BCUT2D eigenvalue weighted by Crippen LogP contribution is -2.05. The van der Waals surface area contributed by atoms with Crippen LogP contribution in [0.4, 0.5) is 11.4 Å². The molecule has 0 aromatic heterocycles. The average Bonchev–Trinajstić information content (AvgIpc) is 2.41. The molecule has 0 aliphatic carbocycles. The Morgan fingerprint density at radius 3 is 2.30 bits per heavy atom. The molecule has 0 saturated heterocycles. The zero-order chi connectivity index (χ0) is 14.5. The first-order valence-corrected chi connectivity index (χ1v) is 6.69. The van der Waals surface area contributed by atoms with Gasteiger partial charge in [0.15, 0.2) is 0 Å². The largest absolute Gasteiger partial charge is 0.491 e. The molecule has 1 N–H and O–H groups in total. The van der Waals surface area contributed by atoms with Crippen molar-refractivity contribution in [3.05, 3.63) is 53.1 Å². The maximum Gasteiger partial charge on any atom is 0.119 e. The molecule has 0 radical (unpaired) electrons. The summed E-state index contributed by atoms with van der Waals surface area (Å²) in [6.45, 7) is 3.98. The third-order valence-electron chi connectivity index (χ3n) is 2.60. The summed E-state index contributed by atoms with van der Waals surface area (Å²) in [5.41, 5.74) is 2.24. The number of hydrogen-bond donors (Lipinski definition) is 1. The summed E-state index contributed by atoms with van der Waals surface area (Å²) in [6.07, 6.45) is 0.158. The molecule has 0 amide bonds. The minimum Gasteiger partial charge on any atom is -0.491 e. The highest BCUT2D eigenvalue weighted by Crippen LogP contribution is 2.24. The van der Waals surface area contributed by atoms with Crippen LogP contribution < -0.4 is 10.1 Å². The van der Waals surface area contributed by atoms with E-state index in [9.17, 15) is 0 Å². The van der Waals surface area contributed by atoms with Crippen molar-refractivity contribution >= 4 is 23.0 Å². The van der Waals surface area contributed by atoms with Crippen molar-refractivity contribution in [3.63, 3.8) is 0 Å². The number of benzene rings is 2. The lowest BCUT2D eigenvalue weighted by atomic mass is 10.2. The van der Waals surface area contributed by atoms with Gasteiger partial charge in [0.05, 0.1) is 16.7 Å². The molecule has 0 spiro atoms. The van der Waals surface area contributed by atoms with Crippen LogP contribution in [0.15, 0.2) is 42.5 Å². The van der Waals surface area contributed by atoms with E-state index in [0.717, 1.165) is 17.1 Å². The zero-order valence-electron chi connectivity index (χ0n) is 11.4. The maximum absolute atomic E-state index is 8.83. The molecular formula is C16H15ClN2O. The third-order valence-corrected chi connectivity index (χ3v) is 2.92. The second kappa shape index (κ2) is 6.31. The summed E-state index contributed by atoms with van der Waals surface area (Å²) < 4.78 is 5.58. The van der Waals surface area contributed by atoms with Gasteiger partial charge in [-0.15, -0.1) is 0 Å². The fraction of sp³-hybridized carbons (Fsp3) is 0.188. The Morgan fingerprint density at radius 2 is 1.75 bits per heavy atom. The minimum atomic E-state index is 0.158. The van der Waals surface area contributed by atoms with E-state index in [4.69, 9.17) is 21.6 Å². The van der Waals surface area contributed by atoms with Crippen molar-refractivity contribution in [2.45, 2.75) is 20.0 Å². The number of halogens is 1. The van der Waals surface area contributed by atoms with E-state index in [2.05, 4.69) is 5.32 Å². The average molecular weight is 287 g/mol. The number of rotatable bonds is 4. The van der Waals surface area contributed by atoms with E-state index in [0.29, 0.717) is 10.6 Å². The first-order valence-electron chi connectivity index (χ1n) is 6.32. The fourth-order valence-electron chi connectivity index (χ4n) is 1.74. The van der Waals surface area contributed by atoms with Crippen molar-refractivity contribution in [2.75, 3.05) is 5.32 Å². The van der Waals surface area contributed by atoms with Gasteiger partial charge in [0.1, 0.15) is 11.8 Å². The predicted octanol–water partition coefficient (Wildman–Crippen LogP) is 4.74. The second-order valence-corrected chi connectivity index (χ2v) is 5.03. The highest BCUT2D eigenvalue weighted by atomic mass is 35.5. The standard InChI is InChI=1S/C16H15ClN2O/c1-11(2)20-15-7-5-13(6-8-15)19-14-4-3-12(10-18)16(17)9-14/h3-9,11,19H,1-2H3. The van der Waals surface area contributed by atoms with E-state index in [-0.39, 0.29) is 6.10 Å². The molecule has 4 heteroatoms. The molecule has 0 saturated carbocycles. The van der Waals surface area contributed by atoms with Crippen LogP contribution in [0.1, 0.15) is 19.4 Å². The highest BCUT2D eigenvalue weighted by Gasteiger charge is 2.02. The first kappa shape index (κ1) is 14.2. The van der Waals surface area contributed by atoms with Crippen LogP contribution in [0.25, 0.3) is 0 Å². The quantitative estimate of drug-likeness (QED) is 0.883. The monoisotopic (exact) mass is 286 g/mol. The molecular weight excluding hydrogens is 272 g/mol. The van der Waals surface area contributed by atoms with Crippen molar-refractivity contribution in [2.24, 2.45) is 0 Å². The van der Waals surface area contributed by atoms with Crippen LogP contribution >= 0.6 is 11.6 Å². The third kappa shape index (κ3) is 3.66. The molecule has 0 fully saturated rings. The van der Waals surface area contributed by atoms with Gasteiger partial charge in [-0.25, -0.2) is 0 Å². The van der Waals surface area contributed by atoms with Crippen molar-refractivity contribution < 1.29 is 4.74 Å². The van der Waals surface area contributed by atoms with E-state index >= 15 is 0 Å². The Hall–Kier alpha value is -2.18. The van der Waals surface area contributed by atoms with E-state index in [1.807, 2.05) is 50.2 Å². The first-order chi connectivity index (χ1) is 9.58. The SMILES string of the molecule is CC(C)Oc1ccc(Nc2ccc(C#N)c(Cl)c2)cc1. The molecule has 0 atom stereocenters. The zero-order valence-corrected chi connectivity index (χ0v) is 12.1. The minimum absolute atomic E-state index is 0.158. The molecule has 20 heavy (non-hydrogen) atoms. The van der Waals surface area contributed by atoms with Crippen molar-refractivity contribution in [3.8, 4) is 11.8 Å². The molecule has 0 unspecified atom stereocenters. The Balaban J connectivity index is 2.10. The van der Waals surface area contributed by atoms with Crippen molar-refractivity contribution in [1.82, 2.24) is 0 Å². The maximum atomic E-state index is 8.83. The number of ether oxygens (including phenoxy) is 1. The van der Waals surface area contributed by atoms with Gasteiger partial charge in [0, 0.05) is 11.4 Å². The predicted molar refractivity (Wildman–Crippen MR) is 81.7 cm³/mol. The molecule has 2 rings (SSSR count). The van der Waals surface area contributed by atoms with Crippen LogP contribution in [-0.4, -0.2) is 6.10 Å². The molecule has 3 nitrogen and oxygen atoms in total. The molecule has 0 heterocycles. The smallest absolute Gasteiger partial charge is 0.119 e. The van der Waals surface area contributed by atoms with Gasteiger partial charge in [0.2, 0.25) is 0 Å². The number of nitrogens with zero attached hydrogens (tertiary/aromatic N) is 1. The van der Waals surface area contributed by atoms with Gasteiger partial charge in [0.25, 0.3) is 0 Å². The number of anilines is 2. The summed E-state index contributed by atoms with van der Waals surface area (Å²) in [6, 6.07) is 15.0. The summed E-state index contributed by atoms with van der Waals surface area (Å²) in [7, 11) is 0. The second-order valence-electron chi connectivity index (χ2n) is 4.62. The van der Waals surface area contributed by atoms with E-state index in [1.54, 1.807) is 12.1 Å².